The monoisotopic (exact) mass is 374 g/mol. The van der Waals surface area contributed by atoms with Crippen molar-refractivity contribution in [2.24, 2.45) is 0 Å². The van der Waals surface area contributed by atoms with E-state index in [0.29, 0.717) is 13.2 Å². The van der Waals surface area contributed by atoms with E-state index in [2.05, 4.69) is 10.3 Å². The predicted molar refractivity (Wildman–Crippen MR) is 109 cm³/mol. The number of aromatic nitrogens is 1. The lowest BCUT2D eigenvalue weighted by Crippen LogP contribution is -2.20. The maximum absolute atomic E-state index is 12.0. The van der Waals surface area contributed by atoms with Gasteiger partial charge in [-0.3, -0.25) is 9.78 Å². The topological polar surface area (TPSA) is 60.5 Å². The second-order valence-electron chi connectivity index (χ2n) is 6.08. The highest BCUT2D eigenvalue weighted by Crippen LogP contribution is 2.17. The molecule has 0 spiro atoms. The molecular weight excluding hydrogens is 352 g/mol. The Morgan fingerprint density at radius 2 is 1.89 bits per heavy atom. The number of ether oxygens (including phenoxy) is 2. The quantitative estimate of drug-likeness (QED) is 0.606. The van der Waals surface area contributed by atoms with Crippen molar-refractivity contribution < 1.29 is 14.3 Å². The maximum Gasteiger partial charge on any atom is 0.244 e. The first-order valence-electron chi connectivity index (χ1n) is 8.94. The van der Waals surface area contributed by atoms with E-state index < -0.39 is 0 Å². The number of rotatable bonds is 8. The Morgan fingerprint density at radius 1 is 1.07 bits per heavy atom. The highest BCUT2D eigenvalue weighted by molar-refractivity contribution is 5.91. The van der Waals surface area contributed by atoms with Gasteiger partial charge in [-0.05, 0) is 35.9 Å². The lowest BCUT2D eigenvalue weighted by atomic mass is 10.2. The van der Waals surface area contributed by atoms with E-state index in [-0.39, 0.29) is 5.91 Å². The van der Waals surface area contributed by atoms with Crippen LogP contribution < -0.4 is 14.8 Å². The molecule has 0 aliphatic heterocycles. The molecule has 1 amide bonds. The number of carbonyl (C=O) groups excluding carboxylic acids is 1. The molecule has 0 aliphatic carbocycles. The van der Waals surface area contributed by atoms with Crippen LogP contribution in [0.1, 0.15) is 16.7 Å². The molecular formula is C23H22N2O3. The third-order valence-corrected chi connectivity index (χ3v) is 4.08. The van der Waals surface area contributed by atoms with Crippen LogP contribution in [0.2, 0.25) is 0 Å². The van der Waals surface area contributed by atoms with Gasteiger partial charge in [0.05, 0.1) is 7.11 Å². The minimum atomic E-state index is -0.164. The van der Waals surface area contributed by atoms with Gasteiger partial charge < -0.3 is 14.8 Å². The molecule has 1 aromatic heterocycles. The van der Waals surface area contributed by atoms with Gasteiger partial charge in [-0.1, -0.05) is 36.4 Å². The number of carbonyl (C=O) groups is 1. The summed E-state index contributed by atoms with van der Waals surface area (Å²) in [5.41, 5.74) is 2.86. The molecule has 142 valence electrons. The van der Waals surface area contributed by atoms with Crippen LogP contribution >= 0.6 is 0 Å². The van der Waals surface area contributed by atoms with Crippen molar-refractivity contribution in [3.63, 3.8) is 0 Å². The zero-order valence-corrected chi connectivity index (χ0v) is 15.7. The van der Waals surface area contributed by atoms with E-state index in [1.165, 1.54) is 6.08 Å². The molecule has 0 fully saturated rings. The van der Waals surface area contributed by atoms with Crippen LogP contribution in [0.4, 0.5) is 0 Å². The van der Waals surface area contributed by atoms with Gasteiger partial charge in [-0.15, -0.1) is 0 Å². The van der Waals surface area contributed by atoms with Gasteiger partial charge in [0.15, 0.2) is 0 Å². The van der Waals surface area contributed by atoms with E-state index >= 15 is 0 Å². The molecule has 0 radical (unpaired) electrons. The van der Waals surface area contributed by atoms with Crippen molar-refractivity contribution in [1.82, 2.24) is 10.3 Å². The molecule has 0 bridgehead atoms. The third kappa shape index (κ3) is 5.71. The molecule has 0 atom stereocenters. The smallest absolute Gasteiger partial charge is 0.244 e. The summed E-state index contributed by atoms with van der Waals surface area (Å²) in [6.45, 7) is 0.878. The van der Waals surface area contributed by atoms with Gasteiger partial charge in [0.2, 0.25) is 5.91 Å². The van der Waals surface area contributed by atoms with Crippen molar-refractivity contribution in [2.75, 3.05) is 7.11 Å². The van der Waals surface area contributed by atoms with E-state index in [1.807, 2.05) is 60.7 Å². The summed E-state index contributed by atoms with van der Waals surface area (Å²) >= 11 is 0. The molecule has 2 aromatic carbocycles. The Labute approximate surface area is 164 Å². The van der Waals surface area contributed by atoms with Crippen LogP contribution in [-0.4, -0.2) is 18.0 Å². The molecule has 1 N–H and O–H groups in total. The first-order valence-corrected chi connectivity index (χ1v) is 8.94. The average Bonchev–Trinajstić information content (AvgIpc) is 2.76. The largest absolute Gasteiger partial charge is 0.496 e. The molecule has 1 heterocycles. The fraction of sp³-hybridized carbons (Fsp3) is 0.130. The van der Waals surface area contributed by atoms with Gasteiger partial charge in [-0.2, -0.15) is 0 Å². The fourth-order valence-electron chi connectivity index (χ4n) is 2.59. The number of methoxy groups -OCH3 is 1. The minimum absolute atomic E-state index is 0.164. The molecule has 0 saturated carbocycles. The van der Waals surface area contributed by atoms with E-state index in [1.54, 1.807) is 25.6 Å². The molecule has 28 heavy (non-hydrogen) atoms. The zero-order chi connectivity index (χ0) is 19.6. The summed E-state index contributed by atoms with van der Waals surface area (Å²) in [5.74, 6) is 1.36. The number of hydrogen-bond acceptors (Lipinski definition) is 4. The zero-order valence-electron chi connectivity index (χ0n) is 15.7. The molecule has 5 heteroatoms. The number of pyridine rings is 1. The summed E-state index contributed by atoms with van der Waals surface area (Å²) in [4.78, 5) is 16.1. The van der Waals surface area contributed by atoms with Gasteiger partial charge in [0, 0.05) is 36.1 Å². The van der Waals surface area contributed by atoms with Crippen LogP contribution in [0.15, 0.2) is 79.1 Å². The molecule has 3 rings (SSSR count). The second-order valence-corrected chi connectivity index (χ2v) is 6.08. The Bertz CT molecular complexity index is 922. The molecule has 0 saturated heterocycles. The Hall–Kier alpha value is -3.60. The van der Waals surface area contributed by atoms with Crippen LogP contribution in [-0.2, 0) is 17.9 Å². The Kier molecular flexibility index (Phi) is 6.79. The Balaban J connectivity index is 1.49. The molecule has 3 aromatic rings. The molecule has 5 nitrogen and oxygen atoms in total. The molecule has 0 unspecified atom stereocenters. The van der Waals surface area contributed by atoms with Crippen molar-refractivity contribution in [2.45, 2.75) is 13.2 Å². The first-order chi connectivity index (χ1) is 13.7. The number of amides is 1. The summed E-state index contributed by atoms with van der Waals surface area (Å²) in [6.07, 6.45) is 6.79. The number of hydrogen-bond donors (Lipinski definition) is 1. The highest BCUT2D eigenvalue weighted by Gasteiger charge is 2.03. The van der Waals surface area contributed by atoms with Crippen LogP contribution in [0.3, 0.4) is 0 Å². The SMILES string of the molecule is COc1ccccc1CNC(=O)/C=C/c1ccc(OCc2cccnc2)cc1. The average molecular weight is 374 g/mol. The lowest BCUT2D eigenvalue weighted by Gasteiger charge is -2.08. The van der Waals surface area contributed by atoms with E-state index in [0.717, 1.165) is 28.2 Å². The fourth-order valence-corrected chi connectivity index (χ4v) is 2.59. The van der Waals surface area contributed by atoms with Gasteiger partial charge >= 0.3 is 0 Å². The van der Waals surface area contributed by atoms with Gasteiger partial charge in [0.25, 0.3) is 0 Å². The number of nitrogens with zero attached hydrogens (tertiary/aromatic N) is 1. The predicted octanol–water partition coefficient (Wildman–Crippen LogP) is 4.00. The molecule has 0 aliphatic rings. The summed E-state index contributed by atoms with van der Waals surface area (Å²) in [5, 5.41) is 2.86. The lowest BCUT2D eigenvalue weighted by molar-refractivity contribution is -0.116. The van der Waals surface area contributed by atoms with Crippen molar-refractivity contribution in [3.05, 3.63) is 95.8 Å². The third-order valence-electron chi connectivity index (χ3n) is 4.08. The van der Waals surface area contributed by atoms with Crippen molar-refractivity contribution in [1.29, 1.82) is 0 Å². The number of para-hydroxylation sites is 1. The standard InChI is InChI=1S/C23H22N2O3/c1-27-22-7-3-2-6-20(22)16-25-23(26)13-10-18-8-11-21(12-9-18)28-17-19-5-4-14-24-15-19/h2-15H,16-17H2,1H3,(H,25,26)/b13-10+. The summed E-state index contributed by atoms with van der Waals surface area (Å²) < 4.78 is 11.0. The number of nitrogens with one attached hydrogen (secondary N) is 1. The van der Waals surface area contributed by atoms with Crippen molar-refractivity contribution in [3.8, 4) is 11.5 Å². The van der Waals surface area contributed by atoms with Crippen molar-refractivity contribution >= 4 is 12.0 Å². The van der Waals surface area contributed by atoms with Crippen LogP contribution in [0, 0.1) is 0 Å². The maximum atomic E-state index is 12.0. The van der Waals surface area contributed by atoms with Crippen LogP contribution in [0.5, 0.6) is 11.5 Å². The Morgan fingerprint density at radius 3 is 2.64 bits per heavy atom. The summed E-state index contributed by atoms with van der Waals surface area (Å²) in [6, 6.07) is 19.0. The minimum Gasteiger partial charge on any atom is -0.496 e. The number of benzene rings is 2. The summed E-state index contributed by atoms with van der Waals surface area (Å²) in [7, 11) is 1.62. The van der Waals surface area contributed by atoms with Crippen LogP contribution in [0.25, 0.3) is 6.08 Å². The first kappa shape index (κ1) is 19.2. The second kappa shape index (κ2) is 9.92. The highest BCUT2D eigenvalue weighted by atomic mass is 16.5. The van der Waals surface area contributed by atoms with Gasteiger partial charge in [-0.25, -0.2) is 0 Å². The normalized spacial score (nSPS) is 10.6. The van der Waals surface area contributed by atoms with E-state index in [9.17, 15) is 4.79 Å². The van der Waals surface area contributed by atoms with E-state index in [4.69, 9.17) is 9.47 Å². The van der Waals surface area contributed by atoms with Gasteiger partial charge in [0.1, 0.15) is 18.1 Å².